The van der Waals surface area contributed by atoms with Crippen molar-refractivity contribution in [2.24, 2.45) is 0 Å². The van der Waals surface area contributed by atoms with E-state index in [4.69, 9.17) is 16.3 Å². The maximum Gasteiger partial charge on any atom is 0.331 e. The second-order valence-electron chi connectivity index (χ2n) is 5.82. The average Bonchev–Trinajstić information content (AvgIpc) is 3.06. The van der Waals surface area contributed by atoms with Gasteiger partial charge in [-0.05, 0) is 35.9 Å². The zero-order valence-corrected chi connectivity index (χ0v) is 16.2. The molecule has 1 heterocycles. The van der Waals surface area contributed by atoms with E-state index in [2.05, 4.69) is 4.98 Å². The first-order valence-corrected chi connectivity index (χ1v) is 9.39. The zero-order chi connectivity index (χ0) is 19.2. The minimum atomic E-state index is -0.586. The molecule has 0 N–H and O–H groups in total. The Morgan fingerprint density at radius 2 is 2.04 bits per heavy atom. The predicted octanol–water partition coefficient (Wildman–Crippen LogP) is 4.16. The number of hydrogen-bond donors (Lipinski definition) is 0. The molecule has 7 heteroatoms. The molecule has 0 fully saturated rings. The third kappa shape index (κ3) is 5.39. The lowest BCUT2D eigenvalue weighted by atomic mass is 10.2. The first kappa shape index (κ1) is 19.1. The van der Waals surface area contributed by atoms with Crippen LogP contribution in [-0.2, 0) is 20.9 Å². The maximum absolute atomic E-state index is 12.2. The molecule has 0 spiro atoms. The second kappa shape index (κ2) is 8.79. The Balaban J connectivity index is 1.49. The molecule has 1 aromatic heterocycles. The number of esters is 1. The molecule has 0 aliphatic heterocycles. The van der Waals surface area contributed by atoms with Crippen LogP contribution in [0.5, 0.6) is 0 Å². The fourth-order valence-corrected chi connectivity index (χ4v) is 3.56. The highest BCUT2D eigenvalue weighted by Crippen LogP contribution is 2.22. The van der Waals surface area contributed by atoms with Gasteiger partial charge in [0.2, 0.25) is 0 Å². The van der Waals surface area contributed by atoms with Gasteiger partial charge in [0.1, 0.15) is 5.01 Å². The molecule has 27 heavy (non-hydrogen) atoms. The topological polar surface area (TPSA) is 59.5 Å². The van der Waals surface area contributed by atoms with Crippen molar-refractivity contribution in [3.63, 3.8) is 0 Å². The van der Waals surface area contributed by atoms with Crippen LogP contribution in [0.4, 0.5) is 0 Å². The van der Waals surface area contributed by atoms with Crippen LogP contribution in [0, 0.1) is 0 Å². The summed E-state index contributed by atoms with van der Waals surface area (Å²) in [5.74, 6) is -0.879. The molecule has 0 aliphatic rings. The second-order valence-corrected chi connectivity index (χ2v) is 7.37. The van der Waals surface area contributed by atoms with Crippen LogP contribution in [0.1, 0.15) is 10.6 Å². The van der Waals surface area contributed by atoms with E-state index in [0.29, 0.717) is 11.6 Å². The third-order valence-electron chi connectivity index (χ3n) is 3.73. The van der Waals surface area contributed by atoms with Gasteiger partial charge in [0.05, 0.1) is 16.8 Å². The summed E-state index contributed by atoms with van der Waals surface area (Å²) in [4.78, 5) is 29.9. The summed E-state index contributed by atoms with van der Waals surface area (Å²) in [5, 5.41) is 1.41. The van der Waals surface area contributed by atoms with Gasteiger partial charge in [0.25, 0.3) is 5.91 Å². The van der Waals surface area contributed by atoms with Crippen LogP contribution >= 0.6 is 22.9 Å². The van der Waals surface area contributed by atoms with Crippen LogP contribution in [-0.4, -0.2) is 35.4 Å². The number of amides is 1. The number of thiazole rings is 1. The number of hydrogen-bond acceptors (Lipinski definition) is 5. The van der Waals surface area contributed by atoms with Gasteiger partial charge in [0, 0.05) is 18.1 Å². The van der Waals surface area contributed by atoms with Crippen molar-refractivity contribution < 1.29 is 14.3 Å². The number of nitrogens with zero attached hydrogens (tertiary/aromatic N) is 2. The number of rotatable bonds is 6. The molecule has 3 rings (SSSR count). The highest BCUT2D eigenvalue weighted by molar-refractivity contribution is 7.18. The summed E-state index contributed by atoms with van der Waals surface area (Å²) in [7, 11) is 1.66. The molecule has 1 amide bonds. The van der Waals surface area contributed by atoms with E-state index < -0.39 is 5.97 Å². The van der Waals surface area contributed by atoms with E-state index in [-0.39, 0.29) is 12.5 Å². The number of para-hydroxylation sites is 1. The van der Waals surface area contributed by atoms with Gasteiger partial charge in [-0.25, -0.2) is 9.78 Å². The molecule has 0 saturated heterocycles. The number of fused-ring (bicyclic) bond motifs is 1. The van der Waals surface area contributed by atoms with Crippen LogP contribution in [0.25, 0.3) is 16.3 Å². The van der Waals surface area contributed by atoms with E-state index in [1.54, 1.807) is 31.3 Å². The van der Waals surface area contributed by atoms with Gasteiger partial charge >= 0.3 is 5.97 Å². The number of carbonyl (C=O) groups is 2. The number of carbonyl (C=O) groups excluding carboxylic acids is 2. The van der Waals surface area contributed by atoms with Crippen molar-refractivity contribution in [3.8, 4) is 0 Å². The standard InChI is InChI=1S/C20H17ClN2O3S/c1-23(12-18-22-16-7-2-3-8-17(16)27-18)19(24)13-26-20(25)10-9-14-5-4-6-15(21)11-14/h2-11H,12-13H2,1H3/b10-9+. The van der Waals surface area contributed by atoms with Crippen molar-refractivity contribution in [2.75, 3.05) is 13.7 Å². The SMILES string of the molecule is CN(Cc1nc2ccccc2s1)C(=O)COC(=O)/C=C/c1cccc(Cl)c1. The minimum Gasteiger partial charge on any atom is -0.452 e. The van der Waals surface area contributed by atoms with E-state index in [1.165, 1.54) is 22.3 Å². The molecular weight excluding hydrogens is 384 g/mol. The molecule has 0 saturated carbocycles. The number of likely N-dealkylation sites (N-methyl/N-ethyl adjacent to an activating group) is 1. The average molecular weight is 401 g/mol. The lowest BCUT2D eigenvalue weighted by Crippen LogP contribution is -2.30. The first-order valence-electron chi connectivity index (χ1n) is 8.20. The molecule has 3 aromatic rings. The van der Waals surface area contributed by atoms with Crippen molar-refractivity contribution in [1.82, 2.24) is 9.88 Å². The molecule has 0 radical (unpaired) electrons. The number of ether oxygens (including phenoxy) is 1. The fourth-order valence-electron chi connectivity index (χ4n) is 2.34. The van der Waals surface area contributed by atoms with Crippen LogP contribution in [0.3, 0.4) is 0 Å². The molecule has 0 unspecified atom stereocenters. The summed E-state index contributed by atoms with van der Waals surface area (Å²) in [6.07, 6.45) is 2.86. The van der Waals surface area contributed by atoms with Gasteiger partial charge < -0.3 is 9.64 Å². The highest BCUT2D eigenvalue weighted by Gasteiger charge is 2.13. The van der Waals surface area contributed by atoms with Gasteiger partial charge in [-0.1, -0.05) is 35.9 Å². The Morgan fingerprint density at radius 3 is 2.81 bits per heavy atom. The van der Waals surface area contributed by atoms with Crippen molar-refractivity contribution in [3.05, 3.63) is 70.2 Å². The number of aromatic nitrogens is 1. The highest BCUT2D eigenvalue weighted by atomic mass is 35.5. The Kier molecular flexibility index (Phi) is 6.21. The molecule has 0 atom stereocenters. The van der Waals surface area contributed by atoms with E-state index in [1.807, 2.05) is 30.3 Å². The molecule has 0 aliphatic carbocycles. The quantitative estimate of drug-likeness (QED) is 0.460. The Hall–Kier alpha value is -2.70. The minimum absolute atomic E-state index is 0.293. The smallest absolute Gasteiger partial charge is 0.331 e. The molecule has 5 nitrogen and oxygen atoms in total. The van der Waals surface area contributed by atoms with E-state index in [0.717, 1.165) is 20.8 Å². The lowest BCUT2D eigenvalue weighted by Gasteiger charge is -2.15. The van der Waals surface area contributed by atoms with Gasteiger partial charge in [-0.15, -0.1) is 11.3 Å². The van der Waals surface area contributed by atoms with Gasteiger partial charge in [-0.2, -0.15) is 0 Å². The predicted molar refractivity (Wildman–Crippen MR) is 108 cm³/mol. The van der Waals surface area contributed by atoms with Crippen molar-refractivity contribution >= 4 is 51.1 Å². The summed E-state index contributed by atoms with van der Waals surface area (Å²) in [6.45, 7) is 0.0498. The normalized spacial score (nSPS) is 11.0. The van der Waals surface area contributed by atoms with Crippen molar-refractivity contribution in [1.29, 1.82) is 0 Å². The zero-order valence-electron chi connectivity index (χ0n) is 14.6. The Bertz CT molecular complexity index is 967. The summed E-state index contributed by atoms with van der Waals surface area (Å²) >= 11 is 7.43. The number of benzene rings is 2. The lowest BCUT2D eigenvalue weighted by molar-refractivity contribution is -0.147. The van der Waals surface area contributed by atoms with Crippen LogP contribution in [0.15, 0.2) is 54.6 Å². The summed E-state index contributed by atoms with van der Waals surface area (Å²) in [6, 6.07) is 14.9. The van der Waals surface area contributed by atoms with Crippen LogP contribution in [0.2, 0.25) is 5.02 Å². The van der Waals surface area contributed by atoms with Gasteiger partial charge in [0.15, 0.2) is 6.61 Å². The van der Waals surface area contributed by atoms with Crippen molar-refractivity contribution in [2.45, 2.75) is 6.54 Å². The Morgan fingerprint density at radius 1 is 1.22 bits per heavy atom. The van der Waals surface area contributed by atoms with Gasteiger partial charge in [-0.3, -0.25) is 4.79 Å². The Labute approximate surface area is 165 Å². The largest absolute Gasteiger partial charge is 0.452 e. The molecule has 2 aromatic carbocycles. The monoisotopic (exact) mass is 400 g/mol. The first-order chi connectivity index (χ1) is 13.0. The van der Waals surface area contributed by atoms with Crippen LogP contribution < -0.4 is 0 Å². The molecular formula is C20H17ClN2O3S. The van der Waals surface area contributed by atoms with E-state index in [9.17, 15) is 9.59 Å². The summed E-state index contributed by atoms with van der Waals surface area (Å²) in [5.41, 5.74) is 1.69. The third-order valence-corrected chi connectivity index (χ3v) is 4.99. The van der Waals surface area contributed by atoms with E-state index >= 15 is 0 Å². The maximum atomic E-state index is 12.2. The number of halogens is 1. The molecule has 138 valence electrons. The molecule has 0 bridgehead atoms. The fraction of sp³-hybridized carbons (Fsp3) is 0.150. The summed E-state index contributed by atoms with van der Waals surface area (Å²) < 4.78 is 6.08.